The molecule has 6 heteroatoms. The summed E-state index contributed by atoms with van der Waals surface area (Å²) in [6.07, 6.45) is 0.126. The van der Waals surface area contributed by atoms with Crippen molar-refractivity contribution in [2.75, 3.05) is 0 Å². The van der Waals surface area contributed by atoms with Crippen LogP contribution in [0.25, 0.3) is 10.6 Å². The van der Waals surface area contributed by atoms with E-state index in [0.717, 1.165) is 16.3 Å². The molecule has 0 spiro atoms. The average Bonchev–Trinajstić information content (AvgIpc) is 2.87. The number of carboxylic acid groups (broad SMARTS) is 1. The number of aliphatic carboxylic acids is 1. The van der Waals surface area contributed by atoms with E-state index in [9.17, 15) is 4.79 Å². The van der Waals surface area contributed by atoms with Crippen LogP contribution in [0.2, 0.25) is 0 Å². The number of nitrogens with zero attached hydrogens (tertiary/aromatic N) is 1. The molecule has 0 aliphatic rings. The van der Waals surface area contributed by atoms with Crippen LogP contribution in [0.1, 0.15) is 25.6 Å². The Morgan fingerprint density at radius 2 is 2.00 bits per heavy atom. The van der Waals surface area contributed by atoms with Gasteiger partial charge >= 0.3 is 5.97 Å². The van der Waals surface area contributed by atoms with Crippen molar-refractivity contribution < 1.29 is 14.6 Å². The maximum absolute atomic E-state index is 10.8. The van der Waals surface area contributed by atoms with Gasteiger partial charge in [-0.25, -0.2) is 4.98 Å². The normalized spacial score (nSPS) is 12.4. The van der Waals surface area contributed by atoms with Gasteiger partial charge in [0.05, 0.1) is 11.8 Å². The fourth-order valence-corrected chi connectivity index (χ4v) is 2.50. The fourth-order valence-electron chi connectivity index (χ4n) is 1.64. The molecule has 0 aliphatic heterocycles. The zero-order chi connectivity index (χ0) is 14.7. The van der Waals surface area contributed by atoms with Gasteiger partial charge in [-0.3, -0.25) is 4.79 Å². The van der Waals surface area contributed by atoms with Crippen LogP contribution in [0.3, 0.4) is 0 Å². The predicted octanol–water partition coefficient (Wildman–Crippen LogP) is 2.68. The van der Waals surface area contributed by atoms with Gasteiger partial charge < -0.3 is 15.6 Å². The van der Waals surface area contributed by atoms with Crippen molar-refractivity contribution in [2.45, 2.75) is 26.0 Å². The molecule has 1 heterocycles. The fraction of sp³-hybridized carbons (Fsp3) is 0.286. The van der Waals surface area contributed by atoms with Gasteiger partial charge in [0.1, 0.15) is 16.8 Å². The summed E-state index contributed by atoms with van der Waals surface area (Å²) in [5.74, 6) is -0.287. The molecule has 2 aromatic rings. The highest BCUT2D eigenvalue weighted by molar-refractivity contribution is 7.13. The minimum atomic E-state index is -1.08. The Bertz CT molecular complexity index is 593. The van der Waals surface area contributed by atoms with Crippen molar-refractivity contribution in [3.63, 3.8) is 0 Å². The summed E-state index contributed by atoms with van der Waals surface area (Å²) in [7, 11) is 0. The van der Waals surface area contributed by atoms with E-state index in [0.29, 0.717) is 5.69 Å². The second kappa shape index (κ2) is 6.02. The highest BCUT2D eigenvalue weighted by atomic mass is 32.1. The van der Waals surface area contributed by atoms with Crippen LogP contribution in [-0.2, 0) is 4.79 Å². The number of benzene rings is 1. The van der Waals surface area contributed by atoms with E-state index in [1.54, 1.807) is 5.38 Å². The highest BCUT2D eigenvalue weighted by Crippen LogP contribution is 2.27. The summed E-state index contributed by atoms with van der Waals surface area (Å²) in [6.45, 7) is 3.93. The smallest absolute Gasteiger partial charge is 0.326 e. The van der Waals surface area contributed by atoms with Gasteiger partial charge in [0, 0.05) is 10.9 Å². The first kappa shape index (κ1) is 14.5. The lowest BCUT2D eigenvalue weighted by Crippen LogP contribution is -2.20. The number of rotatable bonds is 5. The Kier molecular flexibility index (Phi) is 4.36. The predicted molar refractivity (Wildman–Crippen MR) is 77.9 cm³/mol. The Balaban J connectivity index is 2.18. The Morgan fingerprint density at radius 3 is 2.55 bits per heavy atom. The van der Waals surface area contributed by atoms with Crippen molar-refractivity contribution in [2.24, 2.45) is 5.73 Å². The number of nitrogens with two attached hydrogens (primary N) is 1. The molecular formula is C14H16N2O3S. The van der Waals surface area contributed by atoms with E-state index in [1.165, 1.54) is 11.3 Å². The first-order valence-electron chi connectivity index (χ1n) is 6.18. The lowest BCUT2D eigenvalue weighted by atomic mass is 10.2. The number of ether oxygens (including phenoxy) is 1. The van der Waals surface area contributed by atoms with E-state index in [1.807, 2.05) is 38.1 Å². The lowest BCUT2D eigenvalue weighted by molar-refractivity contribution is -0.138. The Hall–Kier alpha value is -1.92. The Labute approximate surface area is 121 Å². The standard InChI is InChI=1S/C14H16N2O3S/c1-8(2)19-10-5-3-9(4-6-10)13-16-11(7-20-13)12(15)14(17)18/h3-8,12H,15H2,1-2H3,(H,17,18). The van der Waals surface area contributed by atoms with Crippen molar-refractivity contribution in [3.8, 4) is 16.3 Å². The van der Waals surface area contributed by atoms with E-state index in [-0.39, 0.29) is 6.10 Å². The number of hydrogen-bond acceptors (Lipinski definition) is 5. The van der Waals surface area contributed by atoms with Crippen LogP contribution >= 0.6 is 11.3 Å². The lowest BCUT2D eigenvalue weighted by Gasteiger charge is -2.09. The number of carbonyl (C=O) groups is 1. The number of hydrogen-bond donors (Lipinski definition) is 2. The van der Waals surface area contributed by atoms with Gasteiger partial charge in [0.15, 0.2) is 0 Å². The number of aromatic nitrogens is 1. The molecule has 5 nitrogen and oxygen atoms in total. The van der Waals surface area contributed by atoms with Crippen molar-refractivity contribution in [3.05, 3.63) is 35.3 Å². The molecule has 0 saturated heterocycles. The highest BCUT2D eigenvalue weighted by Gasteiger charge is 2.18. The van der Waals surface area contributed by atoms with Crippen molar-refractivity contribution in [1.29, 1.82) is 0 Å². The SMILES string of the molecule is CC(C)Oc1ccc(-c2nc(C(N)C(=O)O)cs2)cc1. The van der Waals surface area contributed by atoms with E-state index in [4.69, 9.17) is 15.6 Å². The minimum Gasteiger partial charge on any atom is -0.491 e. The van der Waals surface area contributed by atoms with E-state index >= 15 is 0 Å². The maximum Gasteiger partial charge on any atom is 0.326 e. The maximum atomic E-state index is 10.8. The van der Waals surface area contributed by atoms with Crippen LogP contribution < -0.4 is 10.5 Å². The topological polar surface area (TPSA) is 85.4 Å². The minimum absolute atomic E-state index is 0.126. The molecule has 0 bridgehead atoms. The quantitative estimate of drug-likeness (QED) is 0.885. The molecule has 0 fully saturated rings. The molecular weight excluding hydrogens is 276 g/mol. The summed E-state index contributed by atoms with van der Waals surface area (Å²) in [5.41, 5.74) is 6.82. The molecule has 1 aromatic heterocycles. The molecule has 0 radical (unpaired) electrons. The largest absolute Gasteiger partial charge is 0.491 e. The summed E-state index contributed by atoms with van der Waals surface area (Å²) in [4.78, 5) is 15.1. The second-order valence-electron chi connectivity index (χ2n) is 4.58. The summed E-state index contributed by atoms with van der Waals surface area (Å²) in [5, 5.41) is 11.3. The zero-order valence-corrected chi connectivity index (χ0v) is 12.1. The first-order chi connectivity index (χ1) is 9.47. The van der Waals surface area contributed by atoms with Gasteiger partial charge in [-0.2, -0.15) is 0 Å². The molecule has 1 aromatic carbocycles. The third-order valence-electron chi connectivity index (χ3n) is 2.58. The van der Waals surface area contributed by atoms with Crippen LogP contribution in [0.4, 0.5) is 0 Å². The second-order valence-corrected chi connectivity index (χ2v) is 5.44. The summed E-state index contributed by atoms with van der Waals surface area (Å²) < 4.78 is 5.57. The average molecular weight is 292 g/mol. The van der Waals surface area contributed by atoms with Crippen LogP contribution in [0.15, 0.2) is 29.6 Å². The van der Waals surface area contributed by atoms with Gasteiger partial charge in [-0.15, -0.1) is 11.3 Å². The van der Waals surface area contributed by atoms with E-state index < -0.39 is 12.0 Å². The van der Waals surface area contributed by atoms with Gasteiger partial charge in [-0.1, -0.05) is 0 Å². The van der Waals surface area contributed by atoms with Crippen molar-refractivity contribution >= 4 is 17.3 Å². The van der Waals surface area contributed by atoms with Gasteiger partial charge in [0.25, 0.3) is 0 Å². The molecule has 1 atom stereocenters. The van der Waals surface area contributed by atoms with Crippen LogP contribution in [0, 0.1) is 0 Å². The molecule has 20 heavy (non-hydrogen) atoms. The summed E-state index contributed by atoms with van der Waals surface area (Å²) >= 11 is 1.37. The molecule has 0 aliphatic carbocycles. The van der Waals surface area contributed by atoms with Gasteiger partial charge in [-0.05, 0) is 38.1 Å². The molecule has 0 saturated carbocycles. The zero-order valence-electron chi connectivity index (χ0n) is 11.2. The third kappa shape index (κ3) is 3.34. The first-order valence-corrected chi connectivity index (χ1v) is 7.06. The Morgan fingerprint density at radius 1 is 1.35 bits per heavy atom. The molecule has 2 rings (SSSR count). The molecule has 3 N–H and O–H groups in total. The van der Waals surface area contributed by atoms with Crippen LogP contribution in [-0.4, -0.2) is 22.2 Å². The molecule has 106 valence electrons. The molecule has 0 amide bonds. The van der Waals surface area contributed by atoms with Gasteiger partial charge in [0.2, 0.25) is 0 Å². The number of carboxylic acids is 1. The summed E-state index contributed by atoms with van der Waals surface area (Å²) in [6, 6.07) is 6.45. The number of thiazole rings is 1. The van der Waals surface area contributed by atoms with Crippen LogP contribution in [0.5, 0.6) is 5.75 Å². The molecule has 1 unspecified atom stereocenters. The third-order valence-corrected chi connectivity index (χ3v) is 3.49. The monoisotopic (exact) mass is 292 g/mol. The van der Waals surface area contributed by atoms with E-state index in [2.05, 4.69) is 4.98 Å². The van der Waals surface area contributed by atoms with Crippen molar-refractivity contribution in [1.82, 2.24) is 4.98 Å².